The number of hydrogen-bond donors (Lipinski definition) is 0. The molecule has 2 aliphatic rings. The lowest BCUT2D eigenvalue weighted by molar-refractivity contribution is -0.115. The maximum atomic E-state index is 11.9. The van der Waals surface area contributed by atoms with Crippen LogP contribution in [0, 0.1) is 6.92 Å². The van der Waals surface area contributed by atoms with Crippen LogP contribution in [-0.4, -0.2) is 30.4 Å². The third-order valence-corrected chi connectivity index (χ3v) is 4.60. The smallest absolute Gasteiger partial charge is 0.268 e. The van der Waals surface area contributed by atoms with Gasteiger partial charge in [-0.2, -0.15) is 4.99 Å². The van der Waals surface area contributed by atoms with Gasteiger partial charge in [-0.05, 0) is 41.8 Å². The molecule has 0 saturated carbocycles. The largest absolute Gasteiger partial charge is 0.497 e. The molecule has 0 spiro atoms. The number of methoxy groups -OCH3 is 1. The molecule has 0 unspecified atom stereocenters. The van der Waals surface area contributed by atoms with Crippen molar-refractivity contribution >= 4 is 17.6 Å². The number of aliphatic imine (C=N–C) groups is 1. The SMILES string of the molecule is COc1ccc(CN2Cc3c(C)cccc3N3CC(=O)N=C23)cc1. The van der Waals surface area contributed by atoms with E-state index in [4.69, 9.17) is 4.74 Å². The third-order valence-electron chi connectivity index (χ3n) is 4.60. The summed E-state index contributed by atoms with van der Waals surface area (Å²) in [5, 5.41) is 0. The van der Waals surface area contributed by atoms with E-state index >= 15 is 0 Å². The second-order valence-electron chi connectivity index (χ2n) is 6.17. The van der Waals surface area contributed by atoms with Crippen molar-refractivity contribution in [3.05, 3.63) is 59.2 Å². The van der Waals surface area contributed by atoms with E-state index in [0.29, 0.717) is 13.1 Å². The van der Waals surface area contributed by atoms with Crippen LogP contribution in [0.3, 0.4) is 0 Å². The number of aryl methyl sites for hydroxylation is 1. The molecule has 5 nitrogen and oxygen atoms in total. The highest BCUT2D eigenvalue weighted by molar-refractivity contribution is 6.12. The minimum atomic E-state index is -0.0842. The van der Waals surface area contributed by atoms with Crippen LogP contribution in [0.1, 0.15) is 16.7 Å². The first-order valence-corrected chi connectivity index (χ1v) is 8.01. The molecule has 2 aliphatic heterocycles. The van der Waals surface area contributed by atoms with Gasteiger partial charge in [-0.3, -0.25) is 4.79 Å². The van der Waals surface area contributed by atoms with Crippen molar-refractivity contribution in [2.24, 2.45) is 4.99 Å². The minimum Gasteiger partial charge on any atom is -0.497 e. The topological polar surface area (TPSA) is 45.1 Å². The average molecular weight is 321 g/mol. The van der Waals surface area contributed by atoms with Crippen LogP contribution >= 0.6 is 0 Å². The molecule has 5 heteroatoms. The highest BCUT2D eigenvalue weighted by Gasteiger charge is 2.35. The first-order valence-electron chi connectivity index (χ1n) is 8.01. The number of guanidine groups is 1. The zero-order valence-electron chi connectivity index (χ0n) is 13.8. The van der Waals surface area contributed by atoms with Crippen LogP contribution in [0.5, 0.6) is 5.75 Å². The van der Waals surface area contributed by atoms with Crippen molar-refractivity contribution in [1.29, 1.82) is 0 Å². The van der Waals surface area contributed by atoms with Crippen LogP contribution in [0.2, 0.25) is 0 Å². The van der Waals surface area contributed by atoms with Gasteiger partial charge < -0.3 is 14.5 Å². The molecule has 0 N–H and O–H groups in total. The summed E-state index contributed by atoms with van der Waals surface area (Å²) in [6, 6.07) is 14.2. The number of benzene rings is 2. The summed E-state index contributed by atoms with van der Waals surface area (Å²) < 4.78 is 5.21. The van der Waals surface area contributed by atoms with E-state index in [-0.39, 0.29) is 5.91 Å². The predicted octanol–water partition coefficient (Wildman–Crippen LogP) is 2.72. The Labute approximate surface area is 141 Å². The zero-order valence-corrected chi connectivity index (χ0v) is 13.8. The Morgan fingerprint density at radius 2 is 1.92 bits per heavy atom. The molecule has 0 atom stereocenters. The van der Waals surface area contributed by atoms with Crippen molar-refractivity contribution in [3.63, 3.8) is 0 Å². The number of nitrogens with zero attached hydrogens (tertiary/aromatic N) is 3. The summed E-state index contributed by atoms with van der Waals surface area (Å²) in [7, 11) is 1.66. The molecule has 4 rings (SSSR count). The Balaban J connectivity index is 1.68. The van der Waals surface area contributed by atoms with Crippen LogP contribution in [0.25, 0.3) is 0 Å². The summed E-state index contributed by atoms with van der Waals surface area (Å²) >= 11 is 0. The number of carbonyl (C=O) groups is 1. The Morgan fingerprint density at radius 3 is 2.67 bits per heavy atom. The first-order chi connectivity index (χ1) is 11.7. The summed E-state index contributed by atoms with van der Waals surface area (Å²) in [6.07, 6.45) is 0. The third kappa shape index (κ3) is 2.42. The fourth-order valence-corrected chi connectivity index (χ4v) is 3.33. The number of amides is 1. The number of fused-ring (bicyclic) bond motifs is 3. The van der Waals surface area contributed by atoms with E-state index in [0.717, 1.165) is 29.5 Å². The van der Waals surface area contributed by atoms with Crippen molar-refractivity contribution in [3.8, 4) is 5.75 Å². The summed E-state index contributed by atoms with van der Waals surface area (Å²) in [5.74, 6) is 1.52. The standard InChI is InChI=1S/C19H19N3O2/c1-13-4-3-5-17-16(13)11-21(19-20-18(23)12-22(17)19)10-14-6-8-15(24-2)9-7-14/h3-9H,10-12H2,1-2H3. The summed E-state index contributed by atoms with van der Waals surface area (Å²) in [5.41, 5.74) is 4.77. The average Bonchev–Trinajstić information content (AvgIpc) is 2.99. The summed E-state index contributed by atoms with van der Waals surface area (Å²) in [4.78, 5) is 20.4. The molecular formula is C19H19N3O2. The quantitative estimate of drug-likeness (QED) is 0.872. The number of ether oxygens (including phenoxy) is 1. The molecule has 0 radical (unpaired) electrons. The zero-order chi connectivity index (χ0) is 16.7. The molecule has 24 heavy (non-hydrogen) atoms. The van der Waals surface area contributed by atoms with E-state index in [9.17, 15) is 4.79 Å². The molecule has 0 fully saturated rings. The Morgan fingerprint density at radius 1 is 1.12 bits per heavy atom. The molecule has 0 saturated heterocycles. The van der Waals surface area contributed by atoms with Gasteiger partial charge in [0.05, 0.1) is 7.11 Å². The van der Waals surface area contributed by atoms with Crippen LogP contribution < -0.4 is 9.64 Å². The van der Waals surface area contributed by atoms with Crippen molar-refractivity contribution in [2.75, 3.05) is 18.6 Å². The lowest BCUT2D eigenvalue weighted by Gasteiger charge is -2.37. The lowest BCUT2D eigenvalue weighted by atomic mass is 10.0. The molecular weight excluding hydrogens is 302 g/mol. The van der Waals surface area contributed by atoms with Crippen LogP contribution in [0.15, 0.2) is 47.5 Å². The molecule has 2 heterocycles. The number of hydrogen-bond acceptors (Lipinski definition) is 4. The van der Waals surface area contributed by atoms with Gasteiger partial charge in [-0.25, -0.2) is 0 Å². The first kappa shape index (κ1) is 14.8. The van der Waals surface area contributed by atoms with Gasteiger partial charge in [0.1, 0.15) is 12.3 Å². The molecule has 2 aromatic rings. The maximum absolute atomic E-state index is 11.9. The van der Waals surface area contributed by atoms with Gasteiger partial charge in [0.2, 0.25) is 5.96 Å². The second-order valence-corrected chi connectivity index (χ2v) is 6.17. The van der Waals surface area contributed by atoms with Crippen LogP contribution in [-0.2, 0) is 17.9 Å². The van der Waals surface area contributed by atoms with Crippen molar-refractivity contribution in [1.82, 2.24) is 4.90 Å². The van der Waals surface area contributed by atoms with Gasteiger partial charge >= 0.3 is 0 Å². The van der Waals surface area contributed by atoms with E-state index < -0.39 is 0 Å². The molecule has 0 aliphatic carbocycles. The Kier molecular flexibility index (Phi) is 3.49. The maximum Gasteiger partial charge on any atom is 0.268 e. The molecule has 0 bridgehead atoms. The van der Waals surface area contributed by atoms with Gasteiger partial charge in [-0.1, -0.05) is 24.3 Å². The second kappa shape index (κ2) is 5.67. The lowest BCUT2D eigenvalue weighted by Crippen LogP contribution is -2.45. The Bertz CT molecular complexity index is 827. The van der Waals surface area contributed by atoms with Gasteiger partial charge in [0.15, 0.2) is 0 Å². The molecule has 1 amide bonds. The number of rotatable bonds is 3. The van der Waals surface area contributed by atoms with E-state index in [1.165, 1.54) is 11.1 Å². The fraction of sp³-hybridized carbons (Fsp3) is 0.263. The predicted molar refractivity (Wildman–Crippen MR) is 93.2 cm³/mol. The molecule has 0 aromatic heterocycles. The highest BCUT2D eigenvalue weighted by atomic mass is 16.5. The van der Waals surface area contributed by atoms with Gasteiger partial charge in [-0.15, -0.1) is 0 Å². The minimum absolute atomic E-state index is 0.0842. The molecule has 122 valence electrons. The fourth-order valence-electron chi connectivity index (χ4n) is 3.33. The summed E-state index contributed by atoms with van der Waals surface area (Å²) in [6.45, 7) is 3.91. The highest BCUT2D eigenvalue weighted by Crippen LogP contribution is 2.33. The van der Waals surface area contributed by atoms with Crippen molar-refractivity contribution < 1.29 is 9.53 Å². The van der Waals surface area contributed by atoms with E-state index in [1.54, 1.807) is 7.11 Å². The van der Waals surface area contributed by atoms with Crippen molar-refractivity contribution in [2.45, 2.75) is 20.0 Å². The van der Waals surface area contributed by atoms with E-state index in [1.807, 2.05) is 35.2 Å². The number of carbonyl (C=O) groups excluding carboxylic acids is 1. The van der Waals surface area contributed by atoms with E-state index in [2.05, 4.69) is 28.9 Å². The monoisotopic (exact) mass is 321 g/mol. The van der Waals surface area contributed by atoms with Gasteiger partial charge in [0.25, 0.3) is 5.91 Å². The van der Waals surface area contributed by atoms with Crippen LogP contribution in [0.4, 0.5) is 5.69 Å². The van der Waals surface area contributed by atoms with Gasteiger partial charge in [0, 0.05) is 18.8 Å². The number of anilines is 1. The molecule has 2 aromatic carbocycles. The Hall–Kier alpha value is -2.82. The normalized spacial score (nSPS) is 15.9.